The zero-order valence-electron chi connectivity index (χ0n) is 9.52. The molecular weight excluding hydrogens is 208 g/mol. The molecule has 0 saturated carbocycles. The van der Waals surface area contributed by atoms with Gasteiger partial charge in [0.2, 0.25) is 0 Å². The van der Waals surface area contributed by atoms with Gasteiger partial charge in [-0.05, 0) is 30.2 Å². The Morgan fingerprint density at radius 2 is 1.88 bits per heavy atom. The summed E-state index contributed by atoms with van der Waals surface area (Å²) in [6.07, 6.45) is 5.38. The van der Waals surface area contributed by atoms with Crippen molar-refractivity contribution in [3.8, 4) is 18.1 Å². The summed E-state index contributed by atoms with van der Waals surface area (Å²) < 4.78 is 5.67. The van der Waals surface area contributed by atoms with Crippen molar-refractivity contribution < 1.29 is 4.74 Å². The van der Waals surface area contributed by atoms with Crippen LogP contribution < -0.4 is 4.74 Å². The van der Waals surface area contributed by atoms with Gasteiger partial charge >= 0.3 is 0 Å². The molecule has 1 heteroatoms. The van der Waals surface area contributed by atoms with Gasteiger partial charge in [-0.3, -0.25) is 0 Å². The number of terminal acetylenes is 1. The van der Waals surface area contributed by atoms with Gasteiger partial charge in [0.25, 0.3) is 0 Å². The molecule has 0 N–H and O–H groups in total. The highest BCUT2D eigenvalue weighted by atomic mass is 16.5. The van der Waals surface area contributed by atoms with Crippen molar-refractivity contribution >= 4 is 0 Å². The summed E-state index contributed by atoms with van der Waals surface area (Å²) in [7, 11) is 0. The third-order valence-electron chi connectivity index (χ3n) is 2.49. The SMILES string of the molecule is C#Cc1cc(OCc2ccccc2)ccc1[CH2]. The predicted molar refractivity (Wildman–Crippen MR) is 69.6 cm³/mol. The van der Waals surface area contributed by atoms with E-state index in [0.717, 1.165) is 22.4 Å². The lowest BCUT2D eigenvalue weighted by molar-refractivity contribution is 0.306. The topological polar surface area (TPSA) is 9.23 Å². The molecule has 1 nitrogen and oxygen atoms in total. The van der Waals surface area contributed by atoms with E-state index in [0.29, 0.717) is 6.61 Å². The predicted octanol–water partition coefficient (Wildman–Crippen LogP) is 3.43. The molecule has 0 atom stereocenters. The molecular formula is C16H13O. The normalized spacial score (nSPS) is 9.65. The van der Waals surface area contributed by atoms with Crippen LogP contribution in [0.15, 0.2) is 48.5 Å². The fraction of sp³-hybridized carbons (Fsp3) is 0.0625. The molecule has 0 amide bonds. The molecule has 0 heterocycles. The fourth-order valence-corrected chi connectivity index (χ4v) is 1.52. The highest BCUT2D eigenvalue weighted by Crippen LogP contribution is 2.17. The summed E-state index contributed by atoms with van der Waals surface area (Å²) in [6, 6.07) is 15.6. The van der Waals surface area contributed by atoms with E-state index >= 15 is 0 Å². The summed E-state index contributed by atoms with van der Waals surface area (Å²) in [6.45, 7) is 4.40. The highest BCUT2D eigenvalue weighted by Gasteiger charge is 1.99. The second kappa shape index (κ2) is 5.23. The zero-order valence-corrected chi connectivity index (χ0v) is 9.52. The van der Waals surface area contributed by atoms with Gasteiger partial charge in [0, 0.05) is 5.56 Å². The molecule has 83 valence electrons. The maximum atomic E-state index is 5.67. The van der Waals surface area contributed by atoms with E-state index in [1.54, 1.807) is 0 Å². The lowest BCUT2D eigenvalue weighted by Gasteiger charge is -2.07. The summed E-state index contributed by atoms with van der Waals surface area (Å²) in [5.74, 6) is 3.36. The van der Waals surface area contributed by atoms with Gasteiger partial charge in [-0.1, -0.05) is 42.3 Å². The van der Waals surface area contributed by atoms with E-state index in [1.165, 1.54) is 0 Å². The second-order valence-electron chi connectivity index (χ2n) is 3.74. The van der Waals surface area contributed by atoms with E-state index in [-0.39, 0.29) is 0 Å². The molecule has 0 fully saturated rings. The summed E-state index contributed by atoms with van der Waals surface area (Å²) in [5.41, 5.74) is 2.75. The molecule has 2 aromatic carbocycles. The van der Waals surface area contributed by atoms with Crippen molar-refractivity contribution in [2.75, 3.05) is 0 Å². The van der Waals surface area contributed by atoms with E-state index in [4.69, 9.17) is 11.2 Å². The lowest BCUT2D eigenvalue weighted by atomic mass is 10.1. The van der Waals surface area contributed by atoms with Crippen LogP contribution in [0.4, 0.5) is 0 Å². The standard InChI is InChI=1S/C16H13O/c1-3-15-11-16(10-9-13(15)2)17-12-14-7-5-4-6-8-14/h1,4-11H,2,12H2. The van der Waals surface area contributed by atoms with Gasteiger partial charge in [0.05, 0.1) is 0 Å². The molecule has 0 aliphatic carbocycles. The molecule has 0 spiro atoms. The second-order valence-corrected chi connectivity index (χ2v) is 3.74. The summed E-state index contributed by atoms with van der Waals surface area (Å²) in [4.78, 5) is 0. The van der Waals surface area contributed by atoms with Crippen LogP contribution >= 0.6 is 0 Å². The molecule has 0 aliphatic rings. The Morgan fingerprint density at radius 3 is 2.59 bits per heavy atom. The van der Waals surface area contributed by atoms with Crippen LogP contribution in [0, 0.1) is 19.3 Å². The molecule has 0 aliphatic heterocycles. The van der Waals surface area contributed by atoms with Crippen molar-refractivity contribution in [2.45, 2.75) is 6.61 Å². The summed E-state index contributed by atoms with van der Waals surface area (Å²) >= 11 is 0. The van der Waals surface area contributed by atoms with E-state index in [9.17, 15) is 0 Å². The van der Waals surface area contributed by atoms with Gasteiger partial charge in [-0.2, -0.15) is 0 Å². The number of hydrogen-bond donors (Lipinski definition) is 0. The average molecular weight is 221 g/mol. The third kappa shape index (κ3) is 2.89. The largest absolute Gasteiger partial charge is 0.489 e. The van der Waals surface area contributed by atoms with Gasteiger partial charge in [0.15, 0.2) is 0 Å². The van der Waals surface area contributed by atoms with Crippen molar-refractivity contribution in [1.82, 2.24) is 0 Å². The minimum atomic E-state index is 0.543. The molecule has 0 saturated heterocycles. The number of hydrogen-bond acceptors (Lipinski definition) is 1. The van der Waals surface area contributed by atoms with Crippen molar-refractivity contribution in [1.29, 1.82) is 0 Å². The van der Waals surface area contributed by atoms with Crippen LogP contribution in [0.2, 0.25) is 0 Å². The first-order chi connectivity index (χ1) is 8.29. The van der Waals surface area contributed by atoms with E-state index in [1.807, 2.05) is 48.5 Å². The number of benzene rings is 2. The van der Waals surface area contributed by atoms with Gasteiger partial charge in [-0.25, -0.2) is 0 Å². The van der Waals surface area contributed by atoms with Crippen molar-refractivity contribution in [3.05, 3.63) is 72.1 Å². The van der Waals surface area contributed by atoms with Gasteiger partial charge in [-0.15, -0.1) is 6.42 Å². The molecule has 17 heavy (non-hydrogen) atoms. The Labute approximate surface area is 102 Å². The van der Waals surface area contributed by atoms with Crippen LogP contribution in [0.5, 0.6) is 5.75 Å². The molecule has 2 aromatic rings. The van der Waals surface area contributed by atoms with Gasteiger partial charge in [0.1, 0.15) is 12.4 Å². The maximum absolute atomic E-state index is 5.67. The Bertz CT molecular complexity index is 535. The van der Waals surface area contributed by atoms with Gasteiger partial charge < -0.3 is 4.74 Å². The monoisotopic (exact) mass is 221 g/mol. The first-order valence-corrected chi connectivity index (χ1v) is 5.39. The molecule has 0 bridgehead atoms. The maximum Gasteiger partial charge on any atom is 0.121 e. The van der Waals surface area contributed by atoms with Crippen LogP contribution in [0.3, 0.4) is 0 Å². The lowest BCUT2D eigenvalue weighted by Crippen LogP contribution is -1.95. The minimum Gasteiger partial charge on any atom is -0.489 e. The minimum absolute atomic E-state index is 0.543. The van der Waals surface area contributed by atoms with Crippen LogP contribution in [0.1, 0.15) is 16.7 Å². The number of rotatable bonds is 3. The Morgan fingerprint density at radius 1 is 1.12 bits per heavy atom. The van der Waals surface area contributed by atoms with E-state index in [2.05, 4.69) is 12.8 Å². The average Bonchev–Trinajstić information content (AvgIpc) is 2.39. The Balaban J connectivity index is 2.08. The fourth-order valence-electron chi connectivity index (χ4n) is 1.52. The van der Waals surface area contributed by atoms with Crippen molar-refractivity contribution in [3.63, 3.8) is 0 Å². The van der Waals surface area contributed by atoms with Crippen LogP contribution in [-0.4, -0.2) is 0 Å². The van der Waals surface area contributed by atoms with E-state index < -0.39 is 0 Å². The third-order valence-corrected chi connectivity index (χ3v) is 2.49. The first-order valence-electron chi connectivity index (χ1n) is 5.39. The van der Waals surface area contributed by atoms with Crippen molar-refractivity contribution in [2.24, 2.45) is 0 Å². The molecule has 2 rings (SSSR count). The van der Waals surface area contributed by atoms with Crippen LogP contribution in [-0.2, 0) is 6.61 Å². The highest BCUT2D eigenvalue weighted by molar-refractivity contribution is 5.46. The zero-order chi connectivity index (χ0) is 12.1. The Hall–Kier alpha value is -2.20. The smallest absolute Gasteiger partial charge is 0.121 e. The summed E-state index contributed by atoms with van der Waals surface area (Å²) in [5, 5.41) is 0. The molecule has 0 unspecified atom stereocenters. The molecule has 0 aromatic heterocycles. The quantitative estimate of drug-likeness (QED) is 0.721. The first kappa shape index (κ1) is 11.3. The number of ether oxygens (including phenoxy) is 1. The molecule has 1 radical (unpaired) electrons. The van der Waals surface area contributed by atoms with Crippen LogP contribution in [0.25, 0.3) is 0 Å². The Kier molecular flexibility index (Phi) is 3.47.